The minimum atomic E-state index is -0.925. The van der Waals surface area contributed by atoms with Gasteiger partial charge in [0.05, 0.1) is 18.6 Å². The van der Waals surface area contributed by atoms with Crippen LogP contribution < -0.4 is 0 Å². The molecule has 2 saturated heterocycles. The lowest BCUT2D eigenvalue weighted by Gasteiger charge is -2.56. The Morgan fingerprint density at radius 2 is 2.25 bits per heavy atom. The van der Waals surface area contributed by atoms with E-state index in [1.165, 1.54) is 12.0 Å². The molecule has 128 valence electrons. The first-order chi connectivity index (χ1) is 11.3. The van der Waals surface area contributed by atoms with Gasteiger partial charge in [-0.1, -0.05) is 37.6 Å². The Morgan fingerprint density at radius 3 is 2.92 bits per heavy atom. The molecular formula is C19H23NO4. The van der Waals surface area contributed by atoms with Crippen LogP contribution in [0.5, 0.6) is 0 Å². The first-order valence-corrected chi connectivity index (χ1v) is 8.91. The summed E-state index contributed by atoms with van der Waals surface area (Å²) in [6, 6.07) is 0. The third-order valence-corrected chi connectivity index (χ3v) is 7.42. The largest absolute Gasteiger partial charge is 0.481 e. The topological polar surface area (TPSA) is 66.8 Å². The van der Waals surface area contributed by atoms with Crippen molar-refractivity contribution in [3.8, 4) is 0 Å². The highest BCUT2D eigenvalue weighted by Gasteiger charge is 2.67. The number of likely N-dealkylation sites (tertiary alicyclic amines) is 1. The fourth-order valence-corrected chi connectivity index (χ4v) is 5.87. The normalized spacial score (nSPS) is 46.8. The van der Waals surface area contributed by atoms with Crippen LogP contribution in [0.15, 0.2) is 23.8 Å². The summed E-state index contributed by atoms with van der Waals surface area (Å²) < 4.78 is 5.95. The molecule has 3 heterocycles. The minimum absolute atomic E-state index is 0.0468. The molecule has 5 nitrogen and oxygen atoms in total. The van der Waals surface area contributed by atoms with Gasteiger partial charge in [-0.3, -0.25) is 9.59 Å². The molecule has 0 unspecified atom stereocenters. The fraction of sp³-hybridized carbons (Fsp3) is 0.684. The molecule has 0 aromatic rings. The average molecular weight is 329 g/mol. The van der Waals surface area contributed by atoms with Crippen molar-refractivity contribution < 1.29 is 19.4 Å². The van der Waals surface area contributed by atoms with E-state index in [0.29, 0.717) is 24.4 Å². The molecule has 1 spiro atoms. The molecule has 1 saturated carbocycles. The van der Waals surface area contributed by atoms with E-state index >= 15 is 0 Å². The lowest BCUT2D eigenvalue weighted by atomic mass is 9.49. The predicted octanol–water partition coefficient (Wildman–Crippen LogP) is 1.85. The smallest absolute Gasteiger partial charge is 0.310 e. The Bertz CT molecular complexity index is 708. The van der Waals surface area contributed by atoms with Crippen molar-refractivity contribution in [3.05, 3.63) is 23.8 Å². The van der Waals surface area contributed by atoms with Crippen LogP contribution in [0.4, 0.5) is 0 Å². The molecule has 4 bridgehead atoms. The predicted molar refractivity (Wildman–Crippen MR) is 86.0 cm³/mol. The Balaban J connectivity index is 1.40. The zero-order chi connectivity index (χ0) is 16.9. The first kappa shape index (κ1) is 14.7. The first-order valence-electron chi connectivity index (χ1n) is 8.91. The second kappa shape index (κ2) is 4.31. The molecule has 6 rings (SSSR count). The third-order valence-electron chi connectivity index (χ3n) is 7.42. The summed E-state index contributed by atoms with van der Waals surface area (Å²) in [6.45, 7) is 5.77. The number of amides is 1. The zero-order valence-corrected chi connectivity index (χ0v) is 14.1. The standard InChI is InChI=1S/C19H23NO4/c1-18(2)11-4-3-10(12(18)7-11)8-20-9-19-6-5-13(24-19)14(17(22)23)15(19)16(20)21/h3,5-6,11-15H,4,7-9H2,1-2H3,(H,22,23)/t11-,12+,13-,14+,15+,19-/m1/s1. The number of hydrogen-bond donors (Lipinski definition) is 1. The summed E-state index contributed by atoms with van der Waals surface area (Å²) in [4.78, 5) is 26.4. The molecule has 3 aliphatic carbocycles. The molecule has 5 heteroatoms. The van der Waals surface area contributed by atoms with Gasteiger partial charge in [-0.15, -0.1) is 0 Å². The SMILES string of the molecule is CC1(C)[C@@H]2CC=C(CN3C[C@@]45C=C[C@@H](O4)[C@H](C(=O)O)[C@H]5C3=O)[C@@H]1C2. The molecular weight excluding hydrogens is 306 g/mol. The molecule has 0 radical (unpaired) electrons. The maximum Gasteiger partial charge on any atom is 0.310 e. The number of carboxylic acids is 1. The van der Waals surface area contributed by atoms with Gasteiger partial charge in [0.1, 0.15) is 11.5 Å². The maximum absolute atomic E-state index is 13.0. The van der Waals surface area contributed by atoms with Gasteiger partial charge in [-0.05, 0) is 30.1 Å². The number of allylic oxidation sites excluding steroid dienone is 1. The highest BCUT2D eigenvalue weighted by molar-refractivity contribution is 5.90. The Hall–Kier alpha value is -1.62. The number of hydrogen-bond acceptors (Lipinski definition) is 3. The van der Waals surface area contributed by atoms with Crippen LogP contribution in [0.1, 0.15) is 26.7 Å². The Kier molecular flexibility index (Phi) is 2.64. The van der Waals surface area contributed by atoms with E-state index in [0.717, 1.165) is 12.3 Å². The number of carbonyl (C=O) groups is 2. The number of fused-ring (bicyclic) bond motifs is 2. The quantitative estimate of drug-likeness (QED) is 0.803. The second-order valence-corrected chi connectivity index (χ2v) is 8.75. The molecule has 6 atom stereocenters. The van der Waals surface area contributed by atoms with Crippen molar-refractivity contribution in [3.63, 3.8) is 0 Å². The number of aliphatic carboxylic acids is 1. The molecule has 24 heavy (non-hydrogen) atoms. The molecule has 1 amide bonds. The molecule has 0 aromatic carbocycles. The minimum Gasteiger partial charge on any atom is -0.481 e. The zero-order valence-electron chi connectivity index (χ0n) is 14.1. The van der Waals surface area contributed by atoms with Crippen molar-refractivity contribution in [2.75, 3.05) is 13.1 Å². The maximum atomic E-state index is 13.0. The van der Waals surface area contributed by atoms with Crippen molar-refractivity contribution in [1.82, 2.24) is 4.90 Å². The van der Waals surface area contributed by atoms with Gasteiger partial charge >= 0.3 is 5.97 Å². The summed E-state index contributed by atoms with van der Waals surface area (Å²) in [5, 5.41) is 9.53. The van der Waals surface area contributed by atoms with Crippen LogP contribution in [0.25, 0.3) is 0 Å². The van der Waals surface area contributed by atoms with E-state index in [1.807, 2.05) is 17.1 Å². The monoisotopic (exact) mass is 329 g/mol. The lowest BCUT2D eigenvalue weighted by molar-refractivity contribution is -0.148. The number of ether oxygens (including phenoxy) is 1. The summed E-state index contributed by atoms with van der Waals surface area (Å²) >= 11 is 0. The van der Waals surface area contributed by atoms with Crippen molar-refractivity contribution in [1.29, 1.82) is 0 Å². The van der Waals surface area contributed by atoms with E-state index in [4.69, 9.17) is 4.74 Å². The number of nitrogens with zero attached hydrogens (tertiary/aromatic N) is 1. The van der Waals surface area contributed by atoms with E-state index < -0.39 is 29.5 Å². The van der Waals surface area contributed by atoms with E-state index in [1.54, 1.807) is 0 Å². The summed E-state index contributed by atoms with van der Waals surface area (Å²) in [7, 11) is 0. The highest BCUT2D eigenvalue weighted by Crippen LogP contribution is 2.60. The molecule has 3 fully saturated rings. The molecule has 0 aromatic heterocycles. The van der Waals surface area contributed by atoms with Crippen LogP contribution in [0.2, 0.25) is 0 Å². The van der Waals surface area contributed by atoms with E-state index in [9.17, 15) is 14.7 Å². The van der Waals surface area contributed by atoms with Crippen LogP contribution in [-0.2, 0) is 14.3 Å². The van der Waals surface area contributed by atoms with Crippen LogP contribution in [0, 0.1) is 29.1 Å². The fourth-order valence-electron chi connectivity index (χ4n) is 5.87. The average Bonchev–Trinajstić information content (AvgIpc) is 3.16. The van der Waals surface area contributed by atoms with Crippen LogP contribution in [0.3, 0.4) is 0 Å². The van der Waals surface area contributed by atoms with Crippen LogP contribution >= 0.6 is 0 Å². The van der Waals surface area contributed by atoms with Crippen molar-refractivity contribution in [2.24, 2.45) is 29.1 Å². The summed E-state index contributed by atoms with van der Waals surface area (Å²) in [5.74, 6) is -0.934. The van der Waals surface area contributed by atoms with Gasteiger partial charge in [0.25, 0.3) is 0 Å². The third kappa shape index (κ3) is 1.59. The summed E-state index contributed by atoms with van der Waals surface area (Å²) in [6.07, 6.45) is 7.95. The van der Waals surface area contributed by atoms with Crippen molar-refractivity contribution >= 4 is 11.9 Å². The van der Waals surface area contributed by atoms with Crippen LogP contribution in [-0.4, -0.2) is 46.7 Å². The van der Waals surface area contributed by atoms with Crippen molar-refractivity contribution in [2.45, 2.75) is 38.4 Å². The second-order valence-electron chi connectivity index (χ2n) is 8.75. The highest BCUT2D eigenvalue weighted by atomic mass is 16.5. The van der Waals surface area contributed by atoms with Gasteiger partial charge in [0.2, 0.25) is 5.91 Å². The van der Waals surface area contributed by atoms with Gasteiger partial charge < -0.3 is 14.7 Å². The van der Waals surface area contributed by atoms with E-state index in [2.05, 4.69) is 19.9 Å². The van der Waals surface area contributed by atoms with E-state index in [-0.39, 0.29) is 5.91 Å². The Labute approximate surface area is 141 Å². The van der Waals surface area contributed by atoms with Gasteiger partial charge in [-0.25, -0.2) is 0 Å². The molecule has 3 aliphatic heterocycles. The number of carboxylic acid groups (broad SMARTS) is 1. The lowest BCUT2D eigenvalue weighted by Crippen LogP contribution is -2.50. The van der Waals surface area contributed by atoms with Gasteiger partial charge in [0, 0.05) is 6.54 Å². The van der Waals surface area contributed by atoms with Gasteiger partial charge in [-0.2, -0.15) is 0 Å². The Morgan fingerprint density at radius 1 is 1.46 bits per heavy atom. The molecule has 6 aliphatic rings. The van der Waals surface area contributed by atoms with Gasteiger partial charge in [0.15, 0.2) is 0 Å². The molecule has 1 N–H and O–H groups in total. The number of rotatable bonds is 3. The number of carbonyl (C=O) groups excluding carboxylic acids is 1. The summed E-state index contributed by atoms with van der Waals surface area (Å²) in [5.41, 5.74) is 0.981.